The van der Waals surface area contributed by atoms with Crippen LogP contribution in [-0.4, -0.2) is 22.6 Å². The summed E-state index contributed by atoms with van der Waals surface area (Å²) in [5.74, 6) is 0.737. The Kier molecular flexibility index (Phi) is 5.76. The molecule has 1 aromatic rings. The van der Waals surface area contributed by atoms with Gasteiger partial charge in [0.05, 0.1) is 17.1 Å². The molecule has 0 bridgehead atoms. The number of rotatable bonds is 7. The molecule has 0 saturated carbocycles. The maximum Gasteiger partial charge on any atom is 0.270 e. The van der Waals surface area contributed by atoms with Crippen LogP contribution in [0.3, 0.4) is 0 Å². The van der Waals surface area contributed by atoms with E-state index >= 15 is 0 Å². The van der Waals surface area contributed by atoms with Crippen LogP contribution in [-0.2, 0) is 0 Å². The monoisotopic (exact) mass is 281 g/mol. The van der Waals surface area contributed by atoms with Crippen LogP contribution in [0.5, 0.6) is 5.75 Å². The second-order valence-corrected chi connectivity index (χ2v) is 4.81. The zero-order valence-electron chi connectivity index (χ0n) is 11.6. The van der Waals surface area contributed by atoms with Crippen molar-refractivity contribution in [3.05, 3.63) is 33.9 Å². The first kappa shape index (κ1) is 15.7. The molecule has 3 N–H and O–H groups in total. The molecule has 0 saturated heterocycles. The molecule has 1 rings (SSSR count). The summed E-state index contributed by atoms with van der Waals surface area (Å²) in [7, 11) is 0. The molecular formula is C13H19N3O4. The minimum absolute atomic E-state index is 0.138. The lowest BCUT2D eigenvalue weighted by Gasteiger charge is -2.11. The Balaban J connectivity index is 2.86. The zero-order chi connectivity index (χ0) is 15.1. The number of nitrogens with two attached hydrogens (primary N) is 1. The highest BCUT2D eigenvalue weighted by Gasteiger charge is 2.15. The van der Waals surface area contributed by atoms with Gasteiger partial charge in [-0.25, -0.2) is 0 Å². The minimum Gasteiger partial charge on any atom is -0.493 e. The summed E-state index contributed by atoms with van der Waals surface area (Å²) < 4.78 is 5.55. The van der Waals surface area contributed by atoms with Crippen molar-refractivity contribution in [1.82, 2.24) is 0 Å². The SMILES string of the molecule is CC(C)CCCOc1ccc([N+](=O)[O-])cc1C(N)=NO. The minimum atomic E-state index is -0.545. The van der Waals surface area contributed by atoms with Gasteiger partial charge >= 0.3 is 0 Å². The summed E-state index contributed by atoms with van der Waals surface area (Å²) in [6.45, 7) is 4.71. The van der Waals surface area contributed by atoms with Crippen molar-refractivity contribution in [3.8, 4) is 5.75 Å². The van der Waals surface area contributed by atoms with Gasteiger partial charge in [-0.1, -0.05) is 19.0 Å². The van der Waals surface area contributed by atoms with Crippen LogP contribution < -0.4 is 10.5 Å². The van der Waals surface area contributed by atoms with Gasteiger partial charge in [0.15, 0.2) is 5.84 Å². The Morgan fingerprint density at radius 1 is 1.55 bits per heavy atom. The van der Waals surface area contributed by atoms with E-state index in [1.807, 2.05) is 0 Å². The van der Waals surface area contributed by atoms with Gasteiger partial charge in [0, 0.05) is 12.1 Å². The number of benzene rings is 1. The van der Waals surface area contributed by atoms with Crippen molar-refractivity contribution in [3.63, 3.8) is 0 Å². The van der Waals surface area contributed by atoms with Gasteiger partial charge in [0.1, 0.15) is 5.75 Å². The van der Waals surface area contributed by atoms with E-state index in [9.17, 15) is 10.1 Å². The molecule has 110 valence electrons. The van der Waals surface area contributed by atoms with Crippen LogP contribution in [0.25, 0.3) is 0 Å². The first-order valence-corrected chi connectivity index (χ1v) is 6.34. The molecular weight excluding hydrogens is 262 g/mol. The largest absolute Gasteiger partial charge is 0.493 e. The highest BCUT2D eigenvalue weighted by Crippen LogP contribution is 2.24. The molecule has 0 aromatic heterocycles. The van der Waals surface area contributed by atoms with Crippen molar-refractivity contribution in [2.24, 2.45) is 16.8 Å². The van der Waals surface area contributed by atoms with Crippen LogP contribution in [0.2, 0.25) is 0 Å². The van der Waals surface area contributed by atoms with E-state index in [1.54, 1.807) is 0 Å². The van der Waals surface area contributed by atoms with Crippen molar-refractivity contribution < 1.29 is 14.9 Å². The smallest absolute Gasteiger partial charge is 0.270 e. The van der Waals surface area contributed by atoms with E-state index in [0.29, 0.717) is 18.3 Å². The lowest BCUT2D eigenvalue weighted by molar-refractivity contribution is -0.384. The quantitative estimate of drug-likeness (QED) is 0.199. The number of nitro benzene ring substituents is 1. The number of hydrogen-bond donors (Lipinski definition) is 2. The van der Waals surface area contributed by atoms with Crippen LogP contribution in [0, 0.1) is 16.0 Å². The van der Waals surface area contributed by atoms with Crippen molar-refractivity contribution in [1.29, 1.82) is 0 Å². The van der Waals surface area contributed by atoms with E-state index in [2.05, 4.69) is 19.0 Å². The summed E-state index contributed by atoms with van der Waals surface area (Å²) in [6, 6.07) is 4.01. The Bertz CT molecular complexity index is 500. The molecule has 7 nitrogen and oxygen atoms in total. The van der Waals surface area contributed by atoms with Gasteiger partial charge in [0.25, 0.3) is 5.69 Å². The average Bonchev–Trinajstić information content (AvgIpc) is 2.42. The number of amidine groups is 1. The standard InChI is InChI=1S/C13H19N3O4/c1-9(2)4-3-7-20-12-6-5-10(16(18)19)8-11(12)13(14)15-17/h5-6,8-9,17H,3-4,7H2,1-2H3,(H2,14,15). The Hall–Kier alpha value is -2.31. The Morgan fingerprint density at radius 3 is 2.80 bits per heavy atom. The molecule has 0 heterocycles. The molecule has 0 unspecified atom stereocenters. The normalized spacial score (nSPS) is 11.7. The number of nitrogens with zero attached hydrogens (tertiary/aromatic N) is 2. The molecule has 0 atom stereocenters. The lowest BCUT2D eigenvalue weighted by atomic mass is 10.1. The zero-order valence-corrected chi connectivity index (χ0v) is 11.6. The molecule has 0 aliphatic rings. The average molecular weight is 281 g/mol. The predicted molar refractivity (Wildman–Crippen MR) is 75.2 cm³/mol. The van der Waals surface area contributed by atoms with Crippen LogP contribution in [0.4, 0.5) is 5.69 Å². The summed E-state index contributed by atoms with van der Waals surface area (Å²) in [5.41, 5.74) is 5.59. The van der Waals surface area contributed by atoms with Gasteiger partial charge in [-0.05, 0) is 24.8 Å². The van der Waals surface area contributed by atoms with Crippen molar-refractivity contribution in [2.45, 2.75) is 26.7 Å². The number of hydrogen-bond acceptors (Lipinski definition) is 5. The number of nitro groups is 1. The van der Waals surface area contributed by atoms with Crippen LogP contribution >= 0.6 is 0 Å². The second-order valence-electron chi connectivity index (χ2n) is 4.81. The topological polar surface area (TPSA) is 111 Å². The number of oxime groups is 1. The van der Waals surface area contributed by atoms with Gasteiger partial charge in [-0.15, -0.1) is 0 Å². The fourth-order valence-electron chi connectivity index (χ4n) is 1.69. The predicted octanol–water partition coefficient (Wildman–Crippen LogP) is 2.50. The van der Waals surface area contributed by atoms with E-state index in [0.717, 1.165) is 12.8 Å². The van der Waals surface area contributed by atoms with Crippen LogP contribution in [0.15, 0.2) is 23.4 Å². The molecule has 0 aliphatic heterocycles. The highest BCUT2D eigenvalue weighted by molar-refractivity contribution is 6.00. The van der Waals surface area contributed by atoms with Crippen molar-refractivity contribution >= 4 is 11.5 Å². The third kappa shape index (κ3) is 4.42. The van der Waals surface area contributed by atoms with Crippen LogP contribution in [0.1, 0.15) is 32.3 Å². The lowest BCUT2D eigenvalue weighted by Crippen LogP contribution is -2.15. The molecule has 1 aromatic carbocycles. The first-order chi connectivity index (χ1) is 9.45. The van der Waals surface area contributed by atoms with E-state index in [1.165, 1.54) is 18.2 Å². The summed E-state index contributed by atoms with van der Waals surface area (Å²) >= 11 is 0. The molecule has 20 heavy (non-hydrogen) atoms. The maximum atomic E-state index is 10.7. The number of ether oxygens (including phenoxy) is 1. The maximum absolute atomic E-state index is 10.7. The fraction of sp³-hybridized carbons (Fsp3) is 0.462. The van der Waals surface area contributed by atoms with Gasteiger partial charge in [-0.2, -0.15) is 0 Å². The van der Waals surface area contributed by atoms with Gasteiger partial charge in [-0.3, -0.25) is 10.1 Å². The van der Waals surface area contributed by atoms with E-state index in [4.69, 9.17) is 15.7 Å². The third-order valence-electron chi connectivity index (χ3n) is 2.74. The summed E-state index contributed by atoms with van der Waals surface area (Å²) in [4.78, 5) is 10.2. The fourth-order valence-corrected chi connectivity index (χ4v) is 1.69. The molecule has 7 heteroatoms. The third-order valence-corrected chi connectivity index (χ3v) is 2.74. The molecule has 0 fully saturated rings. The van der Waals surface area contributed by atoms with Gasteiger partial charge in [0.2, 0.25) is 0 Å². The molecule has 0 radical (unpaired) electrons. The van der Waals surface area contributed by atoms with E-state index < -0.39 is 4.92 Å². The second kappa shape index (κ2) is 7.32. The van der Waals surface area contributed by atoms with E-state index in [-0.39, 0.29) is 17.1 Å². The molecule has 0 aliphatic carbocycles. The van der Waals surface area contributed by atoms with Gasteiger partial charge < -0.3 is 15.7 Å². The summed E-state index contributed by atoms with van der Waals surface area (Å²) in [6.07, 6.45) is 1.89. The Labute approximate surface area is 117 Å². The molecule has 0 spiro atoms. The summed E-state index contributed by atoms with van der Waals surface area (Å²) in [5, 5.41) is 22.3. The van der Waals surface area contributed by atoms with Crippen molar-refractivity contribution in [2.75, 3.05) is 6.61 Å². The number of non-ortho nitro benzene ring substituents is 1. The Morgan fingerprint density at radius 2 is 2.25 bits per heavy atom. The highest BCUT2D eigenvalue weighted by atomic mass is 16.6. The first-order valence-electron chi connectivity index (χ1n) is 6.34. The molecule has 0 amide bonds.